The maximum absolute atomic E-state index is 13.3. The van der Waals surface area contributed by atoms with Crippen LogP contribution in [0.2, 0.25) is 0 Å². The Balaban J connectivity index is 1.67. The lowest BCUT2D eigenvalue weighted by atomic mass is 10.0. The van der Waals surface area contributed by atoms with E-state index in [9.17, 15) is 18.8 Å². The van der Waals surface area contributed by atoms with E-state index in [4.69, 9.17) is 13.9 Å². The zero-order valence-corrected chi connectivity index (χ0v) is 20.2. The molecular weight excluding hydrogens is 479 g/mol. The molecule has 0 saturated carbocycles. The van der Waals surface area contributed by atoms with E-state index in [-0.39, 0.29) is 24.5 Å². The standard InChI is InChI=1S/C28H25FN2O6/c1-3-6-20-13-19(15-24(35-4-2)25(20)37-17-18-8-10-21(29)11-9-18)14-23-26(32)30-28(34)31(27(23)33)16-22-7-5-12-36-22/h3,5,7-15H,1,4,6,16-17H2,2H3,(H,30,32,34)/b23-14+. The van der Waals surface area contributed by atoms with Gasteiger partial charge in [0.2, 0.25) is 0 Å². The van der Waals surface area contributed by atoms with Crippen molar-refractivity contribution in [3.63, 3.8) is 0 Å². The third-order valence-electron chi connectivity index (χ3n) is 5.51. The maximum Gasteiger partial charge on any atom is 0.331 e. The predicted molar refractivity (Wildman–Crippen MR) is 133 cm³/mol. The molecule has 4 rings (SSSR count). The smallest absolute Gasteiger partial charge is 0.331 e. The first-order valence-electron chi connectivity index (χ1n) is 11.6. The lowest BCUT2D eigenvalue weighted by molar-refractivity contribution is -0.130. The molecule has 4 amide bonds. The van der Waals surface area contributed by atoms with Crippen molar-refractivity contribution in [2.24, 2.45) is 0 Å². The number of hydrogen-bond donors (Lipinski definition) is 1. The summed E-state index contributed by atoms with van der Waals surface area (Å²) in [6.45, 7) is 6.01. The van der Waals surface area contributed by atoms with Crippen LogP contribution in [0.3, 0.4) is 0 Å². The van der Waals surface area contributed by atoms with E-state index in [2.05, 4.69) is 11.9 Å². The number of nitrogens with one attached hydrogen (secondary N) is 1. The van der Waals surface area contributed by atoms with Crippen LogP contribution in [0.15, 0.2) is 77.4 Å². The summed E-state index contributed by atoms with van der Waals surface area (Å²) in [6.07, 6.45) is 4.94. The van der Waals surface area contributed by atoms with Crippen LogP contribution in [-0.2, 0) is 29.2 Å². The molecule has 9 heteroatoms. The van der Waals surface area contributed by atoms with Crippen molar-refractivity contribution in [2.75, 3.05) is 6.61 Å². The predicted octanol–water partition coefficient (Wildman–Crippen LogP) is 4.79. The second-order valence-electron chi connectivity index (χ2n) is 8.14. The average Bonchev–Trinajstić information content (AvgIpc) is 3.39. The molecule has 0 bridgehead atoms. The molecule has 0 unspecified atom stereocenters. The summed E-state index contributed by atoms with van der Waals surface area (Å²) in [6, 6.07) is 11.8. The fraction of sp³-hybridized carbons (Fsp3) is 0.179. The fourth-order valence-corrected chi connectivity index (χ4v) is 3.80. The number of carbonyl (C=O) groups excluding carboxylic acids is 3. The average molecular weight is 505 g/mol. The van der Waals surface area contributed by atoms with Gasteiger partial charge in [-0.15, -0.1) is 6.58 Å². The summed E-state index contributed by atoms with van der Waals surface area (Å²) in [5.74, 6) is -0.609. The third kappa shape index (κ3) is 5.95. The number of urea groups is 1. The van der Waals surface area contributed by atoms with E-state index in [0.717, 1.165) is 10.5 Å². The number of nitrogens with zero attached hydrogens (tertiary/aromatic N) is 1. The summed E-state index contributed by atoms with van der Waals surface area (Å²) in [4.78, 5) is 38.9. The molecule has 1 aliphatic rings. The molecule has 190 valence electrons. The highest BCUT2D eigenvalue weighted by Crippen LogP contribution is 2.35. The van der Waals surface area contributed by atoms with Gasteiger partial charge in [-0.05, 0) is 66.9 Å². The van der Waals surface area contributed by atoms with Crippen molar-refractivity contribution in [1.82, 2.24) is 10.2 Å². The zero-order valence-electron chi connectivity index (χ0n) is 20.2. The van der Waals surface area contributed by atoms with E-state index in [1.54, 1.807) is 42.5 Å². The van der Waals surface area contributed by atoms with Crippen molar-refractivity contribution >= 4 is 23.9 Å². The molecule has 1 saturated heterocycles. The Morgan fingerprint density at radius 2 is 1.89 bits per heavy atom. The maximum atomic E-state index is 13.3. The number of benzene rings is 2. The Labute approximate surface area is 213 Å². The topological polar surface area (TPSA) is 98.1 Å². The highest BCUT2D eigenvalue weighted by atomic mass is 19.1. The SMILES string of the molecule is C=CCc1cc(/C=C2\C(=O)NC(=O)N(Cc3ccco3)C2=O)cc(OCC)c1OCc1ccc(F)cc1. The van der Waals surface area contributed by atoms with Crippen LogP contribution in [0.4, 0.5) is 9.18 Å². The molecule has 1 fully saturated rings. The number of hydrogen-bond acceptors (Lipinski definition) is 6. The van der Waals surface area contributed by atoms with E-state index in [1.807, 2.05) is 6.92 Å². The van der Waals surface area contributed by atoms with Gasteiger partial charge in [-0.3, -0.25) is 19.8 Å². The fourth-order valence-electron chi connectivity index (χ4n) is 3.80. The number of allylic oxidation sites excluding steroid dienone is 1. The first kappa shape index (κ1) is 25.4. The molecule has 1 aliphatic heterocycles. The minimum absolute atomic E-state index is 0.121. The van der Waals surface area contributed by atoms with Crippen LogP contribution in [-0.4, -0.2) is 29.4 Å². The van der Waals surface area contributed by atoms with Crippen LogP contribution in [0.1, 0.15) is 29.4 Å². The second kappa shape index (κ2) is 11.4. The van der Waals surface area contributed by atoms with E-state index < -0.39 is 17.8 Å². The first-order chi connectivity index (χ1) is 17.9. The Bertz CT molecular complexity index is 1350. The Hall–Kier alpha value is -4.66. The van der Waals surface area contributed by atoms with Gasteiger partial charge < -0.3 is 13.9 Å². The van der Waals surface area contributed by atoms with E-state index in [0.29, 0.717) is 41.4 Å². The highest BCUT2D eigenvalue weighted by molar-refractivity contribution is 6.30. The van der Waals surface area contributed by atoms with Crippen LogP contribution >= 0.6 is 0 Å². The number of barbiturate groups is 1. The minimum Gasteiger partial charge on any atom is -0.490 e. The molecule has 0 atom stereocenters. The van der Waals surface area contributed by atoms with Gasteiger partial charge in [0.05, 0.1) is 19.4 Å². The lowest BCUT2D eigenvalue weighted by Gasteiger charge is -2.25. The minimum atomic E-state index is -0.824. The van der Waals surface area contributed by atoms with Gasteiger partial charge in [-0.1, -0.05) is 18.2 Å². The second-order valence-corrected chi connectivity index (χ2v) is 8.14. The van der Waals surface area contributed by atoms with Crippen molar-refractivity contribution in [3.8, 4) is 11.5 Å². The number of amides is 4. The molecule has 0 aliphatic carbocycles. The van der Waals surface area contributed by atoms with Crippen LogP contribution < -0.4 is 14.8 Å². The molecule has 8 nitrogen and oxygen atoms in total. The van der Waals surface area contributed by atoms with Gasteiger partial charge in [0.1, 0.15) is 23.8 Å². The number of imide groups is 2. The van der Waals surface area contributed by atoms with Gasteiger partial charge in [0, 0.05) is 5.56 Å². The molecule has 1 N–H and O–H groups in total. The van der Waals surface area contributed by atoms with Crippen LogP contribution in [0.5, 0.6) is 11.5 Å². The Kier molecular flexibility index (Phi) is 7.83. The number of furan rings is 1. The molecular formula is C28H25FN2O6. The number of ether oxygens (including phenoxy) is 2. The summed E-state index contributed by atoms with van der Waals surface area (Å²) in [5.41, 5.74) is 1.77. The normalized spacial score (nSPS) is 14.6. The van der Waals surface area contributed by atoms with E-state index in [1.165, 1.54) is 24.5 Å². The van der Waals surface area contributed by atoms with Gasteiger partial charge in [0.25, 0.3) is 11.8 Å². The van der Waals surface area contributed by atoms with Gasteiger partial charge in [0.15, 0.2) is 11.5 Å². The first-order valence-corrected chi connectivity index (χ1v) is 11.6. The molecule has 0 radical (unpaired) electrons. The number of carbonyl (C=O) groups is 3. The van der Waals surface area contributed by atoms with Crippen molar-refractivity contribution < 1.29 is 32.7 Å². The summed E-state index contributed by atoms with van der Waals surface area (Å²) < 4.78 is 30.4. The summed E-state index contributed by atoms with van der Waals surface area (Å²) in [7, 11) is 0. The zero-order chi connectivity index (χ0) is 26.4. The molecule has 1 aromatic heterocycles. The molecule has 37 heavy (non-hydrogen) atoms. The largest absolute Gasteiger partial charge is 0.490 e. The Morgan fingerprint density at radius 1 is 1.11 bits per heavy atom. The quantitative estimate of drug-likeness (QED) is 0.242. The van der Waals surface area contributed by atoms with Crippen molar-refractivity contribution in [1.29, 1.82) is 0 Å². The summed E-state index contributed by atoms with van der Waals surface area (Å²) >= 11 is 0. The number of rotatable bonds is 10. The monoisotopic (exact) mass is 504 g/mol. The van der Waals surface area contributed by atoms with E-state index >= 15 is 0 Å². The molecule has 3 aromatic rings. The highest BCUT2D eigenvalue weighted by Gasteiger charge is 2.36. The Morgan fingerprint density at radius 3 is 2.57 bits per heavy atom. The molecule has 2 heterocycles. The molecule has 0 spiro atoms. The van der Waals surface area contributed by atoms with Crippen LogP contribution in [0, 0.1) is 5.82 Å². The van der Waals surface area contributed by atoms with Crippen LogP contribution in [0.25, 0.3) is 6.08 Å². The molecule has 2 aromatic carbocycles. The lowest BCUT2D eigenvalue weighted by Crippen LogP contribution is -2.53. The third-order valence-corrected chi connectivity index (χ3v) is 5.51. The van der Waals surface area contributed by atoms with Gasteiger partial charge in [-0.25, -0.2) is 9.18 Å². The number of halogens is 1. The van der Waals surface area contributed by atoms with Crippen molar-refractivity contribution in [2.45, 2.75) is 26.5 Å². The van der Waals surface area contributed by atoms with Crippen molar-refractivity contribution in [3.05, 3.63) is 101 Å². The van der Waals surface area contributed by atoms with Gasteiger partial charge >= 0.3 is 6.03 Å². The summed E-state index contributed by atoms with van der Waals surface area (Å²) in [5, 5.41) is 2.19. The van der Waals surface area contributed by atoms with Gasteiger partial charge in [-0.2, -0.15) is 0 Å².